The molecule has 1 aromatic rings. The second-order valence-electron chi connectivity index (χ2n) is 3.20. The molecule has 2 nitrogen and oxygen atoms in total. The van der Waals surface area contributed by atoms with Crippen LogP contribution in [-0.2, 0) is 0 Å². The monoisotopic (exact) mass is 188 g/mol. The Morgan fingerprint density at radius 1 is 1.64 bits per heavy atom. The van der Waals surface area contributed by atoms with Crippen molar-refractivity contribution in [2.45, 2.75) is 25.8 Å². The summed E-state index contributed by atoms with van der Waals surface area (Å²) in [6.07, 6.45) is 10.8. The summed E-state index contributed by atoms with van der Waals surface area (Å²) in [5.41, 5.74) is 1.17. The molecule has 0 spiro atoms. The summed E-state index contributed by atoms with van der Waals surface area (Å²) in [5, 5.41) is 3.40. The van der Waals surface area contributed by atoms with Crippen LogP contribution in [0.25, 0.3) is 0 Å². The van der Waals surface area contributed by atoms with Crippen molar-refractivity contribution in [2.75, 3.05) is 6.54 Å². The van der Waals surface area contributed by atoms with Gasteiger partial charge in [0.1, 0.15) is 0 Å². The Kier molecular flexibility index (Phi) is 4.74. The standard InChI is InChI=1S/C12H16N2/c1-3-6-12(14-8-4-2)11-7-5-9-13-10-11/h1,5,7,9-10,12,14H,4,6,8H2,2H3. The fourth-order valence-corrected chi connectivity index (χ4v) is 1.33. The van der Waals surface area contributed by atoms with E-state index in [1.54, 1.807) is 6.20 Å². The molecule has 14 heavy (non-hydrogen) atoms. The first-order chi connectivity index (χ1) is 6.88. The fourth-order valence-electron chi connectivity index (χ4n) is 1.33. The second-order valence-corrected chi connectivity index (χ2v) is 3.20. The van der Waals surface area contributed by atoms with Crippen LogP contribution in [0.15, 0.2) is 24.5 Å². The van der Waals surface area contributed by atoms with Gasteiger partial charge in [0.25, 0.3) is 0 Å². The van der Waals surface area contributed by atoms with Crippen molar-refractivity contribution in [3.63, 3.8) is 0 Å². The van der Waals surface area contributed by atoms with Crippen LogP contribution in [0.2, 0.25) is 0 Å². The molecule has 1 rings (SSSR count). The molecule has 0 saturated carbocycles. The summed E-state index contributed by atoms with van der Waals surface area (Å²) in [5.74, 6) is 2.68. The van der Waals surface area contributed by atoms with Crippen molar-refractivity contribution >= 4 is 0 Å². The van der Waals surface area contributed by atoms with E-state index in [-0.39, 0.29) is 6.04 Å². The van der Waals surface area contributed by atoms with E-state index < -0.39 is 0 Å². The van der Waals surface area contributed by atoms with Gasteiger partial charge in [0.05, 0.1) is 0 Å². The van der Waals surface area contributed by atoms with Crippen LogP contribution in [0.1, 0.15) is 31.4 Å². The second kappa shape index (κ2) is 6.17. The molecule has 0 bridgehead atoms. The van der Waals surface area contributed by atoms with Gasteiger partial charge in [0.2, 0.25) is 0 Å². The van der Waals surface area contributed by atoms with Gasteiger partial charge in [-0.25, -0.2) is 0 Å². The topological polar surface area (TPSA) is 24.9 Å². The lowest BCUT2D eigenvalue weighted by molar-refractivity contribution is 0.541. The molecule has 0 radical (unpaired) electrons. The van der Waals surface area contributed by atoms with Gasteiger partial charge < -0.3 is 5.32 Å². The molecule has 0 amide bonds. The zero-order chi connectivity index (χ0) is 10.2. The third-order valence-corrected chi connectivity index (χ3v) is 2.05. The van der Waals surface area contributed by atoms with Crippen LogP contribution >= 0.6 is 0 Å². The lowest BCUT2D eigenvalue weighted by Gasteiger charge is -2.15. The van der Waals surface area contributed by atoms with Crippen LogP contribution in [0.5, 0.6) is 0 Å². The summed E-state index contributed by atoms with van der Waals surface area (Å²) in [6, 6.07) is 4.23. The molecule has 0 saturated heterocycles. The quantitative estimate of drug-likeness (QED) is 0.716. The molecule has 0 aliphatic carbocycles. The Hall–Kier alpha value is -1.33. The molecule has 1 N–H and O–H groups in total. The predicted octanol–water partition coefficient (Wildman–Crippen LogP) is 2.15. The van der Waals surface area contributed by atoms with E-state index in [2.05, 4.69) is 29.2 Å². The average molecular weight is 188 g/mol. The van der Waals surface area contributed by atoms with Crippen molar-refractivity contribution in [3.05, 3.63) is 30.1 Å². The minimum atomic E-state index is 0.244. The van der Waals surface area contributed by atoms with Gasteiger partial charge in [-0.05, 0) is 24.6 Å². The molecule has 0 aromatic carbocycles. The lowest BCUT2D eigenvalue weighted by Crippen LogP contribution is -2.21. The maximum Gasteiger partial charge on any atom is 0.0446 e. The normalized spacial score (nSPS) is 12.0. The highest BCUT2D eigenvalue weighted by Crippen LogP contribution is 2.14. The van der Waals surface area contributed by atoms with Crippen LogP contribution in [0.4, 0.5) is 0 Å². The fraction of sp³-hybridized carbons (Fsp3) is 0.417. The number of terminal acetylenes is 1. The van der Waals surface area contributed by atoms with Crippen LogP contribution in [0.3, 0.4) is 0 Å². The van der Waals surface area contributed by atoms with Crippen molar-refractivity contribution in [1.82, 2.24) is 10.3 Å². The number of hydrogen-bond donors (Lipinski definition) is 1. The first-order valence-corrected chi connectivity index (χ1v) is 4.95. The molecular formula is C12H16N2. The van der Waals surface area contributed by atoms with Crippen molar-refractivity contribution in [3.8, 4) is 12.3 Å². The first kappa shape index (κ1) is 10.7. The molecule has 74 valence electrons. The number of aromatic nitrogens is 1. The van der Waals surface area contributed by atoms with E-state index in [0.29, 0.717) is 6.42 Å². The molecule has 0 aliphatic heterocycles. The number of hydrogen-bond acceptors (Lipinski definition) is 2. The zero-order valence-electron chi connectivity index (χ0n) is 8.53. The lowest BCUT2D eigenvalue weighted by atomic mass is 10.1. The summed E-state index contributed by atoms with van der Waals surface area (Å²) in [7, 11) is 0. The number of nitrogens with one attached hydrogen (secondary N) is 1. The van der Waals surface area contributed by atoms with Crippen LogP contribution < -0.4 is 5.32 Å². The molecule has 0 aliphatic rings. The van der Waals surface area contributed by atoms with Gasteiger partial charge in [0.15, 0.2) is 0 Å². The Balaban J connectivity index is 2.63. The first-order valence-electron chi connectivity index (χ1n) is 4.95. The smallest absolute Gasteiger partial charge is 0.0446 e. The van der Waals surface area contributed by atoms with E-state index in [1.807, 2.05) is 12.3 Å². The van der Waals surface area contributed by atoms with Crippen molar-refractivity contribution in [2.24, 2.45) is 0 Å². The molecule has 1 atom stereocenters. The van der Waals surface area contributed by atoms with Gasteiger partial charge in [-0.15, -0.1) is 12.3 Å². The van der Waals surface area contributed by atoms with Crippen LogP contribution in [0, 0.1) is 12.3 Å². The highest BCUT2D eigenvalue weighted by molar-refractivity contribution is 5.15. The summed E-state index contributed by atoms with van der Waals surface area (Å²) >= 11 is 0. The largest absolute Gasteiger partial charge is 0.309 e. The molecular weight excluding hydrogens is 172 g/mol. The highest BCUT2D eigenvalue weighted by Gasteiger charge is 2.07. The highest BCUT2D eigenvalue weighted by atomic mass is 14.9. The van der Waals surface area contributed by atoms with Gasteiger partial charge in [-0.1, -0.05) is 13.0 Å². The minimum Gasteiger partial charge on any atom is -0.309 e. The molecule has 1 aromatic heterocycles. The number of nitrogens with zero attached hydrogens (tertiary/aromatic N) is 1. The minimum absolute atomic E-state index is 0.244. The summed E-state index contributed by atoms with van der Waals surface area (Å²) < 4.78 is 0. The van der Waals surface area contributed by atoms with Gasteiger partial charge in [-0.3, -0.25) is 4.98 Å². The summed E-state index contributed by atoms with van der Waals surface area (Å²) in [4.78, 5) is 4.09. The van der Waals surface area contributed by atoms with Crippen molar-refractivity contribution in [1.29, 1.82) is 0 Å². The number of rotatable bonds is 5. The van der Waals surface area contributed by atoms with Crippen molar-refractivity contribution < 1.29 is 0 Å². The molecule has 2 heteroatoms. The van der Waals surface area contributed by atoms with Gasteiger partial charge >= 0.3 is 0 Å². The maximum absolute atomic E-state index is 5.33. The maximum atomic E-state index is 5.33. The van der Waals surface area contributed by atoms with E-state index in [0.717, 1.165) is 13.0 Å². The Morgan fingerprint density at radius 2 is 2.50 bits per heavy atom. The summed E-state index contributed by atoms with van der Waals surface area (Å²) in [6.45, 7) is 3.13. The third kappa shape index (κ3) is 3.20. The van der Waals surface area contributed by atoms with Gasteiger partial charge in [-0.2, -0.15) is 0 Å². The van der Waals surface area contributed by atoms with E-state index in [4.69, 9.17) is 6.42 Å². The molecule has 0 fully saturated rings. The molecule has 1 heterocycles. The third-order valence-electron chi connectivity index (χ3n) is 2.05. The van der Waals surface area contributed by atoms with E-state index in [9.17, 15) is 0 Å². The molecule has 1 unspecified atom stereocenters. The predicted molar refractivity (Wildman–Crippen MR) is 58.7 cm³/mol. The van der Waals surface area contributed by atoms with E-state index >= 15 is 0 Å². The number of pyridine rings is 1. The SMILES string of the molecule is C#CCC(NCCC)c1cccnc1. The zero-order valence-corrected chi connectivity index (χ0v) is 8.53. The Bertz CT molecular complexity index is 287. The average Bonchev–Trinajstić information content (AvgIpc) is 2.25. The van der Waals surface area contributed by atoms with Crippen LogP contribution in [-0.4, -0.2) is 11.5 Å². The van der Waals surface area contributed by atoms with E-state index in [1.165, 1.54) is 5.56 Å². The van der Waals surface area contributed by atoms with Gasteiger partial charge in [0, 0.05) is 24.9 Å². The Labute approximate surface area is 85.8 Å². The Morgan fingerprint density at radius 3 is 3.07 bits per heavy atom.